The Hall–Kier alpha value is -2.73. The van der Waals surface area contributed by atoms with Gasteiger partial charge in [0, 0.05) is 5.56 Å². The van der Waals surface area contributed by atoms with Crippen LogP contribution < -0.4 is 14.8 Å². The van der Waals surface area contributed by atoms with Crippen LogP contribution >= 0.6 is 11.8 Å². The highest BCUT2D eigenvalue weighted by molar-refractivity contribution is 7.99. The Kier molecular flexibility index (Phi) is 6.41. The van der Waals surface area contributed by atoms with Crippen molar-refractivity contribution in [1.82, 2.24) is 15.5 Å². The van der Waals surface area contributed by atoms with E-state index in [1.807, 2.05) is 0 Å². The predicted octanol–water partition coefficient (Wildman–Crippen LogP) is 3.19. The molecule has 2 aromatic rings. The highest BCUT2D eigenvalue weighted by atomic mass is 32.2. The average Bonchev–Trinajstić information content (AvgIpc) is 3.21. The second-order valence-electron chi connectivity index (χ2n) is 6.53. The summed E-state index contributed by atoms with van der Waals surface area (Å²) in [5, 5.41) is 20.6. The smallest absolute Gasteiger partial charge is 0.277 e. The first-order valence-corrected chi connectivity index (χ1v) is 9.99. The van der Waals surface area contributed by atoms with Crippen LogP contribution in [0.5, 0.6) is 11.5 Å². The minimum absolute atomic E-state index is 0.108. The van der Waals surface area contributed by atoms with Crippen molar-refractivity contribution in [3.8, 4) is 29.0 Å². The van der Waals surface area contributed by atoms with E-state index in [-0.39, 0.29) is 16.9 Å². The van der Waals surface area contributed by atoms with Gasteiger partial charge in [0.05, 0.1) is 26.0 Å². The van der Waals surface area contributed by atoms with Gasteiger partial charge < -0.3 is 19.2 Å². The lowest BCUT2D eigenvalue weighted by atomic mass is 9.83. The van der Waals surface area contributed by atoms with Crippen LogP contribution in [0.1, 0.15) is 32.1 Å². The molecule has 148 valence electrons. The van der Waals surface area contributed by atoms with Gasteiger partial charge in [-0.05, 0) is 31.0 Å². The highest BCUT2D eigenvalue weighted by Crippen LogP contribution is 2.33. The molecule has 1 aromatic carbocycles. The maximum atomic E-state index is 12.3. The molecule has 1 amide bonds. The van der Waals surface area contributed by atoms with Gasteiger partial charge in [-0.1, -0.05) is 31.0 Å². The third-order valence-corrected chi connectivity index (χ3v) is 5.48. The van der Waals surface area contributed by atoms with E-state index >= 15 is 0 Å². The molecule has 0 atom stereocenters. The number of carbonyl (C=O) groups is 1. The first-order valence-electron chi connectivity index (χ1n) is 9.00. The summed E-state index contributed by atoms with van der Waals surface area (Å²) in [5.74, 6) is 1.38. The third-order valence-electron chi connectivity index (χ3n) is 4.66. The molecule has 0 spiro atoms. The minimum atomic E-state index is -0.741. The molecule has 0 bridgehead atoms. The van der Waals surface area contributed by atoms with Crippen molar-refractivity contribution in [3.05, 3.63) is 18.2 Å². The molecule has 1 aliphatic rings. The number of ether oxygens (including phenoxy) is 2. The maximum Gasteiger partial charge on any atom is 0.277 e. The number of amides is 1. The number of benzene rings is 1. The molecule has 1 N–H and O–H groups in total. The topological polar surface area (TPSA) is 110 Å². The van der Waals surface area contributed by atoms with Crippen molar-refractivity contribution in [1.29, 1.82) is 5.26 Å². The quantitative estimate of drug-likeness (QED) is 0.703. The monoisotopic (exact) mass is 402 g/mol. The van der Waals surface area contributed by atoms with Crippen LogP contribution in [0.15, 0.2) is 27.8 Å². The molecule has 1 fully saturated rings. The zero-order valence-corrected chi connectivity index (χ0v) is 16.7. The summed E-state index contributed by atoms with van der Waals surface area (Å²) in [5.41, 5.74) is -0.0534. The first-order chi connectivity index (χ1) is 13.6. The fourth-order valence-electron chi connectivity index (χ4n) is 3.20. The first kappa shape index (κ1) is 20.0. The zero-order valence-electron chi connectivity index (χ0n) is 15.9. The molecule has 3 rings (SSSR count). The Bertz CT molecular complexity index is 871. The van der Waals surface area contributed by atoms with Gasteiger partial charge >= 0.3 is 0 Å². The predicted molar refractivity (Wildman–Crippen MR) is 103 cm³/mol. The van der Waals surface area contributed by atoms with Crippen LogP contribution in [0.4, 0.5) is 0 Å². The molecule has 0 saturated heterocycles. The molecule has 9 heteroatoms. The normalized spacial score (nSPS) is 15.5. The zero-order chi connectivity index (χ0) is 20.0. The number of rotatable bonds is 7. The largest absolute Gasteiger partial charge is 0.493 e. The molecular formula is C19H22N4O4S. The van der Waals surface area contributed by atoms with E-state index in [0.29, 0.717) is 35.8 Å². The average molecular weight is 402 g/mol. The van der Waals surface area contributed by atoms with Crippen LogP contribution in [0, 0.1) is 11.3 Å². The molecule has 0 aliphatic heterocycles. The number of hydrogen-bond donors (Lipinski definition) is 1. The number of nitrogens with zero attached hydrogens (tertiary/aromatic N) is 3. The Morgan fingerprint density at radius 3 is 2.68 bits per heavy atom. The molecular weight excluding hydrogens is 380 g/mol. The Morgan fingerprint density at radius 1 is 1.25 bits per heavy atom. The number of carbonyl (C=O) groups excluding carboxylic acids is 1. The summed E-state index contributed by atoms with van der Waals surface area (Å²) in [7, 11) is 3.11. The lowest BCUT2D eigenvalue weighted by Crippen LogP contribution is -2.49. The van der Waals surface area contributed by atoms with E-state index in [1.54, 1.807) is 32.4 Å². The standard InChI is InChI=1S/C19H22N4O4S/c1-25-14-7-6-13(10-15(14)26-2)17-22-23-18(27-17)28-11-16(24)21-19(12-20)8-4-3-5-9-19/h6-7,10H,3-5,8-9,11H2,1-2H3,(H,21,24). The summed E-state index contributed by atoms with van der Waals surface area (Å²) in [6.07, 6.45) is 4.42. The Balaban J connectivity index is 1.60. The summed E-state index contributed by atoms with van der Waals surface area (Å²) in [6, 6.07) is 7.56. The SMILES string of the molecule is COc1ccc(-c2nnc(SCC(=O)NC3(C#N)CCCCC3)o2)cc1OC. The second-order valence-corrected chi connectivity index (χ2v) is 7.46. The number of thioether (sulfide) groups is 1. The van der Waals surface area contributed by atoms with Crippen molar-refractivity contribution in [3.63, 3.8) is 0 Å². The molecule has 0 unspecified atom stereocenters. The fraction of sp³-hybridized carbons (Fsp3) is 0.474. The summed E-state index contributed by atoms with van der Waals surface area (Å²) < 4.78 is 16.1. The molecule has 1 aromatic heterocycles. The summed E-state index contributed by atoms with van der Waals surface area (Å²) in [6.45, 7) is 0. The second kappa shape index (κ2) is 8.97. The number of methoxy groups -OCH3 is 2. The van der Waals surface area contributed by atoms with Gasteiger partial charge in [0.25, 0.3) is 5.22 Å². The molecule has 1 aliphatic carbocycles. The van der Waals surface area contributed by atoms with Gasteiger partial charge in [0.15, 0.2) is 11.5 Å². The van der Waals surface area contributed by atoms with Gasteiger partial charge in [-0.2, -0.15) is 5.26 Å². The fourth-order valence-corrected chi connectivity index (χ4v) is 3.77. The van der Waals surface area contributed by atoms with Crippen LogP contribution in [0.2, 0.25) is 0 Å². The van der Waals surface area contributed by atoms with Crippen molar-refractivity contribution in [2.45, 2.75) is 42.9 Å². The van der Waals surface area contributed by atoms with Crippen LogP contribution in [0.25, 0.3) is 11.5 Å². The van der Waals surface area contributed by atoms with Crippen molar-refractivity contribution >= 4 is 17.7 Å². The summed E-state index contributed by atoms with van der Waals surface area (Å²) >= 11 is 1.14. The molecule has 8 nitrogen and oxygen atoms in total. The van der Waals surface area contributed by atoms with E-state index in [9.17, 15) is 10.1 Å². The van der Waals surface area contributed by atoms with Crippen LogP contribution in [0.3, 0.4) is 0 Å². The van der Waals surface area contributed by atoms with Crippen LogP contribution in [-0.2, 0) is 4.79 Å². The Labute approximate surface area is 167 Å². The van der Waals surface area contributed by atoms with Gasteiger partial charge in [-0.15, -0.1) is 10.2 Å². The number of aromatic nitrogens is 2. The van der Waals surface area contributed by atoms with Gasteiger partial charge in [0.2, 0.25) is 11.8 Å². The third kappa shape index (κ3) is 4.57. The molecule has 0 radical (unpaired) electrons. The van der Waals surface area contributed by atoms with Crippen molar-refractivity contribution < 1.29 is 18.7 Å². The number of nitriles is 1. The minimum Gasteiger partial charge on any atom is -0.493 e. The molecule has 28 heavy (non-hydrogen) atoms. The van der Waals surface area contributed by atoms with Crippen molar-refractivity contribution in [2.24, 2.45) is 0 Å². The highest BCUT2D eigenvalue weighted by Gasteiger charge is 2.33. The maximum absolute atomic E-state index is 12.3. The number of hydrogen-bond acceptors (Lipinski definition) is 8. The molecule has 1 saturated carbocycles. The van der Waals surface area contributed by atoms with E-state index in [1.165, 1.54) is 0 Å². The van der Waals surface area contributed by atoms with E-state index in [4.69, 9.17) is 13.9 Å². The lowest BCUT2D eigenvalue weighted by Gasteiger charge is -2.31. The van der Waals surface area contributed by atoms with Gasteiger partial charge in [-0.25, -0.2) is 0 Å². The van der Waals surface area contributed by atoms with Gasteiger partial charge in [-0.3, -0.25) is 4.79 Å². The lowest BCUT2D eigenvalue weighted by molar-refractivity contribution is -0.120. The number of nitrogens with one attached hydrogen (secondary N) is 1. The van der Waals surface area contributed by atoms with Crippen LogP contribution in [-0.4, -0.2) is 41.6 Å². The van der Waals surface area contributed by atoms with E-state index < -0.39 is 5.54 Å². The Morgan fingerprint density at radius 2 is 2.00 bits per heavy atom. The molecule has 1 heterocycles. The van der Waals surface area contributed by atoms with E-state index in [2.05, 4.69) is 21.6 Å². The van der Waals surface area contributed by atoms with Crippen molar-refractivity contribution in [2.75, 3.05) is 20.0 Å². The van der Waals surface area contributed by atoms with Gasteiger partial charge in [0.1, 0.15) is 5.54 Å². The summed E-state index contributed by atoms with van der Waals surface area (Å²) in [4.78, 5) is 12.3. The van der Waals surface area contributed by atoms with E-state index in [0.717, 1.165) is 31.0 Å².